The third-order valence-corrected chi connectivity index (χ3v) is 5.42. The molecule has 11 heteroatoms. The number of morpholine rings is 1. The second-order valence-corrected chi connectivity index (χ2v) is 7.56. The van der Waals surface area contributed by atoms with Gasteiger partial charge >= 0.3 is 0 Å². The number of amides is 1. The molecule has 2 aromatic rings. The minimum absolute atomic E-state index is 0.0858. The van der Waals surface area contributed by atoms with E-state index in [1.807, 2.05) is 6.92 Å². The van der Waals surface area contributed by atoms with Gasteiger partial charge in [0.1, 0.15) is 6.33 Å². The highest BCUT2D eigenvalue weighted by atomic mass is 32.2. The van der Waals surface area contributed by atoms with Crippen LogP contribution in [0.1, 0.15) is 17.3 Å². The number of nitro groups is 1. The molecule has 1 aliphatic rings. The molecule has 0 radical (unpaired) electrons. The van der Waals surface area contributed by atoms with Crippen molar-refractivity contribution in [2.24, 2.45) is 7.05 Å². The van der Waals surface area contributed by atoms with Gasteiger partial charge in [0.2, 0.25) is 0 Å². The van der Waals surface area contributed by atoms with Crippen molar-refractivity contribution in [3.63, 3.8) is 0 Å². The Morgan fingerprint density at radius 1 is 1.43 bits per heavy atom. The lowest BCUT2D eigenvalue weighted by Crippen LogP contribution is -2.46. The minimum Gasteiger partial charge on any atom is -0.379 e. The first-order chi connectivity index (χ1) is 13.4. The van der Waals surface area contributed by atoms with E-state index in [1.54, 1.807) is 23.7 Å². The van der Waals surface area contributed by atoms with Crippen LogP contribution in [0, 0.1) is 10.1 Å². The molecule has 1 amide bonds. The fourth-order valence-electron chi connectivity index (χ4n) is 2.87. The monoisotopic (exact) mass is 406 g/mol. The van der Waals surface area contributed by atoms with Crippen molar-refractivity contribution >= 4 is 23.4 Å². The molecular weight excluding hydrogens is 384 g/mol. The summed E-state index contributed by atoms with van der Waals surface area (Å²) in [6.07, 6.45) is 1.52. The molecule has 0 saturated carbocycles. The average Bonchev–Trinajstić information content (AvgIpc) is 3.07. The molecule has 1 aliphatic heterocycles. The van der Waals surface area contributed by atoms with Gasteiger partial charge in [-0.1, -0.05) is 0 Å². The van der Waals surface area contributed by atoms with Crippen LogP contribution in [0.25, 0.3) is 0 Å². The summed E-state index contributed by atoms with van der Waals surface area (Å²) in [5.41, 5.74) is 0.115. The fourth-order valence-corrected chi connectivity index (χ4v) is 3.72. The number of nitrogens with zero attached hydrogens (tertiary/aromatic N) is 5. The van der Waals surface area contributed by atoms with Gasteiger partial charge in [0.25, 0.3) is 11.6 Å². The molecule has 0 aliphatic carbocycles. The predicted molar refractivity (Wildman–Crippen MR) is 102 cm³/mol. The van der Waals surface area contributed by atoms with Crippen LogP contribution in [0.15, 0.2) is 34.6 Å². The number of nitrogens with one attached hydrogen (secondary N) is 1. The Hall–Kier alpha value is -2.50. The van der Waals surface area contributed by atoms with Crippen molar-refractivity contribution < 1.29 is 14.5 Å². The van der Waals surface area contributed by atoms with Gasteiger partial charge in [0.05, 0.1) is 23.0 Å². The van der Waals surface area contributed by atoms with E-state index < -0.39 is 4.92 Å². The molecule has 1 aromatic carbocycles. The van der Waals surface area contributed by atoms with E-state index in [0.29, 0.717) is 29.8 Å². The number of hydrogen-bond acceptors (Lipinski definition) is 8. The van der Waals surface area contributed by atoms with Crippen molar-refractivity contribution in [3.05, 3.63) is 40.2 Å². The van der Waals surface area contributed by atoms with E-state index in [0.717, 1.165) is 24.9 Å². The Morgan fingerprint density at radius 3 is 2.82 bits per heavy atom. The lowest BCUT2D eigenvalue weighted by molar-refractivity contribution is -0.387. The van der Waals surface area contributed by atoms with Crippen molar-refractivity contribution in [1.82, 2.24) is 25.0 Å². The summed E-state index contributed by atoms with van der Waals surface area (Å²) < 4.78 is 6.99. The van der Waals surface area contributed by atoms with Crippen molar-refractivity contribution in [2.45, 2.75) is 23.0 Å². The Kier molecular flexibility index (Phi) is 6.60. The normalized spacial score (nSPS) is 15.9. The zero-order chi connectivity index (χ0) is 20.1. The average molecular weight is 406 g/mol. The lowest BCUT2D eigenvalue weighted by atomic mass is 10.1. The van der Waals surface area contributed by atoms with Crippen LogP contribution >= 0.6 is 11.8 Å². The molecule has 3 rings (SSSR count). The number of rotatable bonds is 7. The Balaban J connectivity index is 1.69. The van der Waals surface area contributed by atoms with E-state index in [1.165, 1.54) is 12.4 Å². The highest BCUT2D eigenvalue weighted by Gasteiger charge is 2.21. The van der Waals surface area contributed by atoms with Crippen molar-refractivity contribution in [3.8, 4) is 0 Å². The maximum Gasteiger partial charge on any atom is 0.284 e. The molecule has 0 spiro atoms. The predicted octanol–water partition coefficient (Wildman–Crippen LogP) is 1.32. The van der Waals surface area contributed by atoms with Gasteiger partial charge in [-0.15, -0.1) is 10.2 Å². The summed E-state index contributed by atoms with van der Waals surface area (Å²) in [4.78, 5) is 26.2. The molecule has 150 valence electrons. The second kappa shape index (κ2) is 9.13. The SMILES string of the molecule is CC(CN1CCOCC1)NC(=O)c1ccc(Sc2nncn2C)c([N+](=O)[O-])c1. The first-order valence-corrected chi connectivity index (χ1v) is 9.67. The van der Waals surface area contributed by atoms with Gasteiger partial charge in [-0.2, -0.15) is 0 Å². The van der Waals surface area contributed by atoms with E-state index in [9.17, 15) is 14.9 Å². The first kappa shape index (κ1) is 20.2. The van der Waals surface area contributed by atoms with E-state index in [4.69, 9.17) is 4.74 Å². The third-order valence-electron chi connectivity index (χ3n) is 4.30. The Morgan fingerprint density at radius 2 is 2.18 bits per heavy atom. The summed E-state index contributed by atoms with van der Waals surface area (Å²) in [5, 5.41) is 22.6. The molecule has 1 fully saturated rings. The Bertz CT molecular complexity index is 852. The van der Waals surface area contributed by atoms with Crippen LogP contribution in [0.2, 0.25) is 0 Å². The maximum atomic E-state index is 12.5. The number of nitro benzene ring substituents is 1. The number of aromatic nitrogens is 3. The van der Waals surface area contributed by atoms with Crippen molar-refractivity contribution in [2.75, 3.05) is 32.8 Å². The zero-order valence-electron chi connectivity index (χ0n) is 15.7. The van der Waals surface area contributed by atoms with Gasteiger partial charge in [0, 0.05) is 44.4 Å². The van der Waals surface area contributed by atoms with Crippen molar-refractivity contribution in [1.29, 1.82) is 0 Å². The van der Waals surface area contributed by atoms with Crippen LogP contribution in [-0.2, 0) is 11.8 Å². The number of carbonyl (C=O) groups excluding carboxylic acids is 1. The number of benzene rings is 1. The second-order valence-electron chi connectivity index (χ2n) is 6.55. The summed E-state index contributed by atoms with van der Waals surface area (Å²) >= 11 is 1.13. The summed E-state index contributed by atoms with van der Waals surface area (Å²) in [7, 11) is 1.76. The highest BCUT2D eigenvalue weighted by molar-refractivity contribution is 7.99. The summed E-state index contributed by atoms with van der Waals surface area (Å²) in [5.74, 6) is -0.334. The minimum atomic E-state index is -0.493. The molecule has 10 nitrogen and oxygen atoms in total. The van der Waals surface area contributed by atoms with Gasteiger partial charge in [-0.3, -0.25) is 19.8 Å². The number of ether oxygens (including phenoxy) is 1. The number of carbonyl (C=O) groups is 1. The quantitative estimate of drug-likeness (QED) is 0.541. The molecule has 1 N–H and O–H groups in total. The summed E-state index contributed by atoms with van der Waals surface area (Å²) in [6, 6.07) is 4.37. The molecule has 1 unspecified atom stereocenters. The van der Waals surface area contributed by atoms with Gasteiger partial charge in [-0.25, -0.2) is 0 Å². The maximum absolute atomic E-state index is 12.5. The molecule has 1 saturated heterocycles. The van der Waals surface area contributed by atoms with Crippen LogP contribution in [-0.4, -0.2) is 69.4 Å². The fraction of sp³-hybridized carbons (Fsp3) is 0.471. The lowest BCUT2D eigenvalue weighted by Gasteiger charge is -2.29. The third kappa shape index (κ3) is 5.06. The van der Waals surface area contributed by atoms with Crippen LogP contribution < -0.4 is 5.32 Å². The molecule has 1 atom stereocenters. The molecule has 0 bridgehead atoms. The number of aryl methyl sites for hydroxylation is 1. The summed E-state index contributed by atoms with van der Waals surface area (Å²) in [6.45, 7) is 5.67. The zero-order valence-corrected chi connectivity index (χ0v) is 16.5. The highest BCUT2D eigenvalue weighted by Crippen LogP contribution is 2.34. The van der Waals surface area contributed by atoms with Gasteiger partial charge in [-0.05, 0) is 30.8 Å². The topological polar surface area (TPSA) is 115 Å². The van der Waals surface area contributed by atoms with E-state index in [-0.39, 0.29) is 23.2 Å². The van der Waals surface area contributed by atoms with E-state index in [2.05, 4.69) is 20.4 Å². The van der Waals surface area contributed by atoms with Gasteiger partial charge in [0.15, 0.2) is 5.16 Å². The standard InChI is InChI=1S/C17H22N6O4S/c1-12(10-22-5-7-27-8-6-22)19-16(24)13-3-4-15(14(9-13)23(25)26)28-17-20-18-11-21(17)2/h3-4,9,11-12H,5-8,10H2,1-2H3,(H,19,24). The van der Waals surface area contributed by atoms with E-state index >= 15 is 0 Å². The molecule has 28 heavy (non-hydrogen) atoms. The molecular formula is C17H22N6O4S. The Labute approximate surface area is 166 Å². The number of hydrogen-bond donors (Lipinski definition) is 1. The van der Waals surface area contributed by atoms with Crippen LogP contribution in [0.3, 0.4) is 0 Å². The molecule has 1 aromatic heterocycles. The smallest absolute Gasteiger partial charge is 0.284 e. The van der Waals surface area contributed by atoms with Gasteiger partial charge < -0.3 is 14.6 Å². The molecule has 2 heterocycles. The van der Waals surface area contributed by atoms with Crippen LogP contribution in [0.4, 0.5) is 5.69 Å². The first-order valence-electron chi connectivity index (χ1n) is 8.85. The van der Waals surface area contributed by atoms with Crippen LogP contribution in [0.5, 0.6) is 0 Å². The largest absolute Gasteiger partial charge is 0.379 e.